The number of hydrogen-bond acceptors (Lipinski definition) is 4. The van der Waals surface area contributed by atoms with Crippen molar-refractivity contribution in [2.24, 2.45) is 0 Å². The van der Waals surface area contributed by atoms with Crippen molar-refractivity contribution in [3.63, 3.8) is 0 Å². The quantitative estimate of drug-likeness (QED) is 0.710. The lowest BCUT2D eigenvalue weighted by atomic mass is 9.82. The molecule has 1 atom stereocenters. The molecule has 4 rings (SSSR count). The van der Waals surface area contributed by atoms with Crippen LogP contribution in [0.4, 0.5) is 4.39 Å². The molecule has 2 aromatic rings. The molecule has 2 heterocycles. The van der Waals surface area contributed by atoms with Gasteiger partial charge in [0.25, 0.3) is 11.8 Å². The highest BCUT2D eigenvalue weighted by atomic mass is 35.5. The van der Waals surface area contributed by atoms with Gasteiger partial charge in [0.2, 0.25) is 0 Å². The van der Waals surface area contributed by atoms with Crippen molar-refractivity contribution >= 4 is 35.0 Å². The van der Waals surface area contributed by atoms with Gasteiger partial charge in [0, 0.05) is 11.4 Å². The van der Waals surface area contributed by atoms with Crippen LogP contribution in [0.15, 0.2) is 36.4 Å². The molecule has 1 fully saturated rings. The summed E-state index contributed by atoms with van der Waals surface area (Å²) in [4.78, 5) is 27.1. The molecular formula is C21H19Cl2FN2O3. The zero-order valence-electron chi connectivity index (χ0n) is 15.4. The average Bonchev–Trinajstić information content (AvgIpc) is 2.95. The van der Waals surface area contributed by atoms with Crippen LogP contribution < -0.4 is 5.32 Å². The Labute approximate surface area is 177 Å². The van der Waals surface area contributed by atoms with Gasteiger partial charge in [0.15, 0.2) is 0 Å². The fourth-order valence-corrected chi connectivity index (χ4v) is 4.69. The summed E-state index contributed by atoms with van der Waals surface area (Å²) in [6.45, 7) is 0.858. The second-order valence-electron chi connectivity index (χ2n) is 7.43. The summed E-state index contributed by atoms with van der Waals surface area (Å²) < 4.78 is 16.1. The predicted octanol–water partition coefficient (Wildman–Crippen LogP) is 4.00. The number of benzene rings is 2. The average molecular weight is 437 g/mol. The Hall–Kier alpha value is -2.15. The fourth-order valence-electron chi connectivity index (χ4n) is 4.16. The highest BCUT2D eigenvalue weighted by Gasteiger charge is 2.50. The Bertz CT molecular complexity index is 957. The molecular weight excluding hydrogens is 418 g/mol. The van der Waals surface area contributed by atoms with Crippen LogP contribution in [0.1, 0.15) is 39.1 Å². The maximum atomic E-state index is 16.1. The number of carbonyl (C=O) groups excluding carboxylic acids is 2. The van der Waals surface area contributed by atoms with Crippen molar-refractivity contribution in [1.29, 1.82) is 0 Å². The Morgan fingerprint density at radius 3 is 2.28 bits per heavy atom. The van der Waals surface area contributed by atoms with Crippen molar-refractivity contribution in [2.45, 2.75) is 31.0 Å². The molecule has 0 bridgehead atoms. The Morgan fingerprint density at radius 2 is 1.69 bits per heavy atom. The van der Waals surface area contributed by atoms with E-state index in [1.807, 2.05) is 0 Å². The monoisotopic (exact) mass is 436 g/mol. The summed E-state index contributed by atoms with van der Waals surface area (Å²) in [7, 11) is 0. The van der Waals surface area contributed by atoms with Crippen LogP contribution in [0.3, 0.4) is 0 Å². The number of alkyl halides is 1. The molecule has 1 saturated heterocycles. The van der Waals surface area contributed by atoms with Crippen molar-refractivity contribution in [2.75, 3.05) is 13.1 Å². The molecule has 2 aromatic carbocycles. The molecule has 0 spiro atoms. The van der Waals surface area contributed by atoms with E-state index in [9.17, 15) is 14.7 Å². The first-order chi connectivity index (χ1) is 13.8. The topological polar surface area (TPSA) is 69.6 Å². The van der Waals surface area contributed by atoms with E-state index in [0.717, 1.165) is 4.90 Å². The third-order valence-electron chi connectivity index (χ3n) is 5.69. The first-order valence-corrected chi connectivity index (χ1v) is 10.1. The summed E-state index contributed by atoms with van der Waals surface area (Å²) >= 11 is 12.1. The van der Waals surface area contributed by atoms with Crippen molar-refractivity contribution in [1.82, 2.24) is 10.2 Å². The van der Waals surface area contributed by atoms with Crippen molar-refractivity contribution < 1.29 is 19.1 Å². The predicted molar refractivity (Wildman–Crippen MR) is 109 cm³/mol. The lowest BCUT2D eigenvalue weighted by Crippen LogP contribution is -2.57. The van der Waals surface area contributed by atoms with Gasteiger partial charge >= 0.3 is 0 Å². The van der Waals surface area contributed by atoms with Gasteiger partial charge in [0.05, 0.1) is 22.2 Å². The fraction of sp³-hybridized carbons (Fsp3) is 0.333. The second-order valence-corrected chi connectivity index (χ2v) is 8.27. The van der Waals surface area contributed by atoms with E-state index < -0.39 is 23.5 Å². The standard InChI is InChI=1S/C21H19Cl2FN2O3/c22-13-9-12(18(27)16(23)11-13)10-17(21(24)5-7-25-8-6-21)26-19(28)14-3-1-2-4-15(14)20(26)29/h1-4,9,11,17,25,27H,5-8,10H2. The normalized spacial score (nSPS) is 19.3. The Kier molecular flexibility index (Phi) is 5.27. The number of phenols is 1. The van der Waals surface area contributed by atoms with Gasteiger partial charge in [-0.2, -0.15) is 0 Å². The first kappa shape index (κ1) is 20.1. The van der Waals surface area contributed by atoms with Gasteiger partial charge in [-0.1, -0.05) is 35.3 Å². The van der Waals surface area contributed by atoms with Gasteiger partial charge in [-0.05, 0) is 55.8 Å². The van der Waals surface area contributed by atoms with Gasteiger partial charge in [-0.25, -0.2) is 4.39 Å². The zero-order chi connectivity index (χ0) is 20.8. The zero-order valence-corrected chi connectivity index (χ0v) is 16.9. The number of nitrogens with zero attached hydrogens (tertiary/aromatic N) is 1. The number of aromatic hydroxyl groups is 1. The van der Waals surface area contributed by atoms with Crippen molar-refractivity contribution in [3.8, 4) is 5.75 Å². The molecule has 0 aromatic heterocycles. The van der Waals surface area contributed by atoms with Crippen LogP contribution in [-0.4, -0.2) is 46.6 Å². The maximum Gasteiger partial charge on any atom is 0.261 e. The molecule has 0 saturated carbocycles. The van der Waals surface area contributed by atoms with Crippen LogP contribution in [0.25, 0.3) is 0 Å². The highest BCUT2D eigenvalue weighted by Crippen LogP contribution is 2.40. The Morgan fingerprint density at radius 1 is 1.10 bits per heavy atom. The van der Waals surface area contributed by atoms with E-state index in [0.29, 0.717) is 18.7 Å². The summed E-state index contributed by atoms with van der Waals surface area (Å²) in [6, 6.07) is 8.23. The lowest BCUT2D eigenvalue weighted by Gasteiger charge is -2.41. The van der Waals surface area contributed by atoms with Gasteiger partial charge < -0.3 is 10.4 Å². The van der Waals surface area contributed by atoms with Crippen LogP contribution in [0.5, 0.6) is 5.75 Å². The van der Waals surface area contributed by atoms with Gasteiger partial charge in [-0.15, -0.1) is 0 Å². The molecule has 0 radical (unpaired) electrons. The summed E-state index contributed by atoms with van der Waals surface area (Å²) in [5.74, 6) is -1.28. The molecule has 0 aliphatic carbocycles. The summed E-state index contributed by atoms with van der Waals surface area (Å²) in [6.07, 6.45) is 0.189. The minimum atomic E-state index is -1.81. The molecule has 8 heteroatoms. The number of fused-ring (bicyclic) bond motifs is 1. The van der Waals surface area contributed by atoms with Crippen LogP contribution in [0, 0.1) is 0 Å². The number of nitrogens with one attached hydrogen (secondary N) is 1. The van der Waals surface area contributed by atoms with Crippen LogP contribution in [-0.2, 0) is 6.42 Å². The van der Waals surface area contributed by atoms with Crippen LogP contribution in [0.2, 0.25) is 10.0 Å². The van der Waals surface area contributed by atoms with E-state index in [1.54, 1.807) is 24.3 Å². The van der Waals surface area contributed by atoms with Gasteiger partial charge in [-0.3, -0.25) is 14.5 Å². The molecule has 2 N–H and O–H groups in total. The maximum absolute atomic E-state index is 16.1. The number of piperidine rings is 1. The first-order valence-electron chi connectivity index (χ1n) is 9.35. The number of rotatable bonds is 4. The SMILES string of the molecule is O=C1c2ccccc2C(=O)N1C(Cc1cc(Cl)cc(Cl)c1O)C1(F)CCNCC1. The molecule has 29 heavy (non-hydrogen) atoms. The molecule has 1 unspecified atom stereocenters. The minimum absolute atomic E-state index is 0.0341. The molecule has 2 aliphatic heterocycles. The van der Waals surface area contributed by atoms with E-state index in [-0.39, 0.29) is 46.2 Å². The third-order valence-corrected chi connectivity index (χ3v) is 6.20. The third kappa shape index (κ3) is 3.50. The molecule has 2 amide bonds. The number of halogens is 3. The van der Waals surface area contributed by atoms with Crippen molar-refractivity contribution in [3.05, 3.63) is 63.1 Å². The second kappa shape index (κ2) is 7.59. The number of carbonyl (C=O) groups is 2. The number of imide groups is 1. The summed E-state index contributed by atoms with van der Waals surface area (Å²) in [5.41, 5.74) is -0.999. The smallest absolute Gasteiger partial charge is 0.261 e. The minimum Gasteiger partial charge on any atom is -0.506 e. The lowest BCUT2D eigenvalue weighted by molar-refractivity contribution is 0.00771. The van der Waals surface area contributed by atoms with E-state index in [2.05, 4.69) is 5.32 Å². The number of hydrogen-bond donors (Lipinski definition) is 2. The largest absolute Gasteiger partial charge is 0.506 e. The Balaban J connectivity index is 1.78. The van der Waals surface area contributed by atoms with Gasteiger partial charge in [0.1, 0.15) is 11.4 Å². The van der Waals surface area contributed by atoms with Crippen LogP contribution >= 0.6 is 23.2 Å². The number of amides is 2. The summed E-state index contributed by atoms with van der Waals surface area (Å²) in [5, 5.41) is 13.8. The molecule has 152 valence electrons. The highest BCUT2D eigenvalue weighted by molar-refractivity contribution is 6.35. The van der Waals surface area contributed by atoms with E-state index in [1.165, 1.54) is 12.1 Å². The van der Waals surface area contributed by atoms with E-state index in [4.69, 9.17) is 23.2 Å². The molecule has 5 nitrogen and oxygen atoms in total. The number of phenolic OH excluding ortho intramolecular Hbond substituents is 1. The molecule has 2 aliphatic rings. The van der Waals surface area contributed by atoms with E-state index >= 15 is 4.39 Å².